The number of hydrogen-bond acceptors (Lipinski definition) is 4. The lowest BCUT2D eigenvalue weighted by Crippen LogP contribution is -2.09. The minimum absolute atomic E-state index is 0.418. The van der Waals surface area contributed by atoms with Gasteiger partial charge in [0.05, 0.1) is 12.7 Å². The van der Waals surface area contributed by atoms with Gasteiger partial charge in [-0.25, -0.2) is 4.68 Å². The molecule has 15 heavy (non-hydrogen) atoms. The number of nitrogens with zero attached hydrogens (tertiary/aromatic N) is 3. The number of aromatic nitrogens is 3. The number of allylic oxidation sites excluding steroid dienone is 1. The number of hydrogen-bond donors (Lipinski definition) is 0. The summed E-state index contributed by atoms with van der Waals surface area (Å²) in [5, 5.41) is 7.91. The van der Waals surface area contributed by atoms with Gasteiger partial charge < -0.3 is 9.47 Å². The molecule has 0 aliphatic carbocycles. The van der Waals surface area contributed by atoms with Crippen LogP contribution in [-0.4, -0.2) is 28.2 Å². The third-order valence-corrected chi connectivity index (χ3v) is 1.75. The first-order chi connectivity index (χ1) is 7.31. The van der Waals surface area contributed by atoms with Gasteiger partial charge in [-0.3, -0.25) is 0 Å². The Morgan fingerprint density at radius 2 is 2.13 bits per heavy atom. The predicted molar refractivity (Wildman–Crippen MR) is 56.2 cm³/mol. The van der Waals surface area contributed by atoms with Crippen molar-refractivity contribution in [2.45, 2.75) is 26.7 Å². The van der Waals surface area contributed by atoms with Crippen molar-refractivity contribution in [1.82, 2.24) is 15.0 Å². The van der Waals surface area contributed by atoms with Gasteiger partial charge >= 0.3 is 0 Å². The molecule has 1 aromatic heterocycles. The second-order valence-corrected chi connectivity index (χ2v) is 2.90. The molecule has 0 aliphatic heterocycles. The molecule has 1 aromatic rings. The van der Waals surface area contributed by atoms with Crippen molar-refractivity contribution in [3.05, 3.63) is 24.5 Å². The second kappa shape index (κ2) is 6.31. The number of rotatable bonds is 7. The highest BCUT2D eigenvalue weighted by Crippen LogP contribution is 2.15. The highest BCUT2D eigenvalue weighted by atomic mass is 16.7. The van der Waals surface area contributed by atoms with Crippen molar-refractivity contribution < 1.29 is 9.47 Å². The quantitative estimate of drug-likeness (QED) is 0.507. The Balaban J connectivity index is 2.67. The van der Waals surface area contributed by atoms with Gasteiger partial charge in [0, 0.05) is 13.2 Å². The van der Waals surface area contributed by atoms with Crippen LogP contribution in [0.4, 0.5) is 0 Å². The van der Waals surface area contributed by atoms with E-state index in [4.69, 9.17) is 9.47 Å². The van der Waals surface area contributed by atoms with E-state index in [1.54, 1.807) is 17.0 Å². The van der Waals surface area contributed by atoms with E-state index in [9.17, 15) is 0 Å². The van der Waals surface area contributed by atoms with Crippen LogP contribution in [0.15, 0.2) is 18.9 Å². The molecule has 0 N–H and O–H groups in total. The van der Waals surface area contributed by atoms with Gasteiger partial charge in [0.25, 0.3) is 0 Å². The SMILES string of the molecule is C=CCn1cc(C(OCC)OCC)nn1. The predicted octanol–water partition coefficient (Wildman–Crippen LogP) is 1.54. The van der Waals surface area contributed by atoms with E-state index in [-0.39, 0.29) is 0 Å². The third-order valence-electron chi connectivity index (χ3n) is 1.75. The first-order valence-corrected chi connectivity index (χ1v) is 5.05. The molecular formula is C10H17N3O2. The molecular weight excluding hydrogens is 194 g/mol. The van der Waals surface area contributed by atoms with Crippen molar-refractivity contribution in [3.63, 3.8) is 0 Å². The molecule has 5 nitrogen and oxygen atoms in total. The summed E-state index contributed by atoms with van der Waals surface area (Å²) in [7, 11) is 0. The molecule has 0 aliphatic rings. The van der Waals surface area contributed by atoms with E-state index in [2.05, 4.69) is 16.9 Å². The van der Waals surface area contributed by atoms with E-state index in [0.29, 0.717) is 25.5 Å². The van der Waals surface area contributed by atoms with Crippen LogP contribution in [0, 0.1) is 0 Å². The van der Waals surface area contributed by atoms with Crippen LogP contribution >= 0.6 is 0 Å². The summed E-state index contributed by atoms with van der Waals surface area (Å²) in [6, 6.07) is 0. The van der Waals surface area contributed by atoms with Crippen LogP contribution in [0.3, 0.4) is 0 Å². The first-order valence-electron chi connectivity index (χ1n) is 5.05. The first kappa shape index (κ1) is 11.9. The van der Waals surface area contributed by atoms with Crippen molar-refractivity contribution in [2.24, 2.45) is 0 Å². The average molecular weight is 211 g/mol. The summed E-state index contributed by atoms with van der Waals surface area (Å²) in [5.74, 6) is 0. The minimum Gasteiger partial charge on any atom is -0.347 e. The summed E-state index contributed by atoms with van der Waals surface area (Å²) < 4.78 is 12.5. The standard InChI is InChI=1S/C10H17N3O2/c1-4-7-13-8-9(11-12-13)10(14-5-2)15-6-3/h4,8,10H,1,5-7H2,2-3H3. The molecule has 0 bridgehead atoms. The summed E-state index contributed by atoms with van der Waals surface area (Å²) >= 11 is 0. The van der Waals surface area contributed by atoms with Gasteiger partial charge in [0.1, 0.15) is 5.69 Å². The van der Waals surface area contributed by atoms with Crippen LogP contribution < -0.4 is 0 Å². The molecule has 0 amide bonds. The summed E-state index contributed by atoms with van der Waals surface area (Å²) in [6.07, 6.45) is 3.14. The van der Waals surface area contributed by atoms with Gasteiger partial charge in [-0.15, -0.1) is 11.7 Å². The Morgan fingerprint density at radius 1 is 1.47 bits per heavy atom. The lowest BCUT2D eigenvalue weighted by molar-refractivity contribution is -0.142. The van der Waals surface area contributed by atoms with E-state index in [0.717, 1.165) is 0 Å². The largest absolute Gasteiger partial charge is 0.347 e. The molecule has 84 valence electrons. The monoisotopic (exact) mass is 211 g/mol. The smallest absolute Gasteiger partial charge is 0.204 e. The fourth-order valence-electron chi connectivity index (χ4n) is 1.16. The molecule has 5 heteroatoms. The van der Waals surface area contributed by atoms with Gasteiger partial charge in [-0.1, -0.05) is 11.3 Å². The molecule has 0 radical (unpaired) electrons. The molecule has 0 aromatic carbocycles. The van der Waals surface area contributed by atoms with Gasteiger partial charge in [0.15, 0.2) is 0 Å². The lowest BCUT2D eigenvalue weighted by Gasteiger charge is -2.13. The Kier molecular flexibility index (Phi) is 5.00. The summed E-state index contributed by atoms with van der Waals surface area (Å²) in [4.78, 5) is 0. The topological polar surface area (TPSA) is 49.2 Å². The van der Waals surface area contributed by atoms with Gasteiger partial charge in [-0.2, -0.15) is 0 Å². The number of ether oxygens (including phenoxy) is 2. The highest BCUT2D eigenvalue weighted by molar-refractivity contribution is 4.95. The lowest BCUT2D eigenvalue weighted by atomic mass is 10.4. The minimum atomic E-state index is -0.418. The van der Waals surface area contributed by atoms with E-state index in [1.165, 1.54) is 0 Å². The molecule has 1 heterocycles. The molecule has 0 saturated carbocycles. The van der Waals surface area contributed by atoms with E-state index in [1.807, 2.05) is 13.8 Å². The Morgan fingerprint density at radius 3 is 2.67 bits per heavy atom. The fourth-order valence-corrected chi connectivity index (χ4v) is 1.16. The van der Waals surface area contributed by atoms with Crippen molar-refractivity contribution >= 4 is 0 Å². The molecule has 0 spiro atoms. The zero-order valence-electron chi connectivity index (χ0n) is 9.22. The third kappa shape index (κ3) is 3.45. The summed E-state index contributed by atoms with van der Waals surface area (Å²) in [5.41, 5.74) is 0.695. The Labute approximate surface area is 89.7 Å². The van der Waals surface area contributed by atoms with Crippen LogP contribution in [-0.2, 0) is 16.0 Å². The van der Waals surface area contributed by atoms with Crippen LogP contribution in [0.5, 0.6) is 0 Å². The van der Waals surface area contributed by atoms with E-state index < -0.39 is 6.29 Å². The maximum Gasteiger partial charge on any atom is 0.204 e. The van der Waals surface area contributed by atoms with Crippen molar-refractivity contribution in [1.29, 1.82) is 0 Å². The molecule has 0 fully saturated rings. The Bertz CT molecular complexity index is 293. The van der Waals surface area contributed by atoms with Crippen LogP contribution in [0.2, 0.25) is 0 Å². The van der Waals surface area contributed by atoms with Crippen LogP contribution in [0.1, 0.15) is 25.8 Å². The Hall–Kier alpha value is -1.20. The second-order valence-electron chi connectivity index (χ2n) is 2.90. The maximum absolute atomic E-state index is 5.40. The fraction of sp³-hybridized carbons (Fsp3) is 0.600. The van der Waals surface area contributed by atoms with Crippen LogP contribution in [0.25, 0.3) is 0 Å². The average Bonchev–Trinajstić information content (AvgIpc) is 2.67. The van der Waals surface area contributed by atoms with Crippen molar-refractivity contribution in [3.8, 4) is 0 Å². The zero-order chi connectivity index (χ0) is 11.1. The zero-order valence-corrected chi connectivity index (χ0v) is 9.22. The highest BCUT2D eigenvalue weighted by Gasteiger charge is 2.14. The summed E-state index contributed by atoms with van der Waals surface area (Å²) in [6.45, 7) is 9.27. The molecule has 0 saturated heterocycles. The molecule has 0 unspecified atom stereocenters. The van der Waals surface area contributed by atoms with E-state index >= 15 is 0 Å². The molecule has 1 rings (SSSR count). The normalized spacial score (nSPS) is 10.9. The maximum atomic E-state index is 5.40. The van der Waals surface area contributed by atoms with Gasteiger partial charge in [0.2, 0.25) is 6.29 Å². The van der Waals surface area contributed by atoms with Gasteiger partial charge in [-0.05, 0) is 13.8 Å². The molecule has 0 atom stereocenters. The van der Waals surface area contributed by atoms with Crippen molar-refractivity contribution in [2.75, 3.05) is 13.2 Å².